The highest BCUT2D eigenvalue weighted by atomic mass is 35.5. The van der Waals surface area contributed by atoms with E-state index in [1.807, 2.05) is 4.72 Å². The van der Waals surface area contributed by atoms with Crippen molar-refractivity contribution in [2.24, 2.45) is 4.99 Å². The van der Waals surface area contributed by atoms with Gasteiger partial charge in [-0.1, -0.05) is 35.3 Å². The lowest BCUT2D eigenvalue weighted by Gasteiger charge is -2.10. The summed E-state index contributed by atoms with van der Waals surface area (Å²) in [7, 11) is -4.19. The molecule has 0 heterocycles. The maximum atomic E-state index is 12.2. The molecule has 1 N–H and O–H groups in total. The zero-order valence-electron chi connectivity index (χ0n) is 11.6. The van der Waals surface area contributed by atoms with Gasteiger partial charge in [0.15, 0.2) is 0 Å². The van der Waals surface area contributed by atoms with Crippen LogP contribution in [0.5, 0.6) is 0 Å². The molecule has 8 heteroatoms. The number of benzene rings is 1. The molecule has 0 radical (unpaired) electrons. The zero-order valence-corrected chi connectivity index (χ0v) is 14.0. The van der Waals surface area contributed by atoms with Crippen molar-refractivity contribution < 1.29 is 13.2 Å². The largest absolute Gasteiger partial charge is 0.283 e. The van der Waals surface area contributed by atoms with Gasteiger partial charge in [-0.25, -0.2) is 13.1 Å². The lowest BCUT2D eigenvalue weighted by atomic mass is 10.4. The summed E-state index contributed by atoms with van der Waals surface area (Å²) in [5.74, 6) is -0.852. The first-order valence-electron chi connectivity index (χ1n) is 5.88. The maximum Gasteiger partial charge on any atom is 0.283 e. The van der Waals surface area contributed by atoms with E-state index in [0.29, 0.717) is 5.71 Å². The van der Waals surface area contributed by atoms with Crippen LogP contribution in [-0.2, 0) is 14.8 Å². The van der Waals surface area contributed by atoms with Crippen molar-refractivity contribution in [2.45, 2.75) is 25.7 Å². The van der Waals surface area contributed by atoms with Crippen molar-refractivity contribution in [3.05, 3.63) is 40.0 Å². The lowest BCUT2D eigenvalue weighted by Crippen LogP contribution is -2.32. The molecule has 5 nitrogen and oxygen atoms in total. The number of carbonyl (C=O) groups is 1. The van der Waals surface area contributed by atoms with E-state index in [1.54, 1.807) is 20.8 Å². The Bertz CT molecular complexity index is 701. The van der Waals surface area contributed by atoms with Crippen molar-refractivity contribution in [3.8, 4) is 0 Å². The van der Waals surface area contributed by atoms with Gasteiger partial charge < -0.3 is 0 Å². The van der Waals surface area contributed by atoms with Crippen LogP contribution in [0, 0.1) is 0 Å². The topological polar surface area (TPSA) is 75.6 Å². The summed E-state index contributed by atoms with van der Waals surface area (Å²) in [6.07, 6.45) is 1.41. The highest BCUT2D eigenvalue weighted by Crippen LogP contribution is 2.28. The van der Waals surface area contributed by atoms with Gasteiger partial charge in [0.2, 0.25) is 0 Å². The molecule has 0 aromatic heterocycles. The zero-order chi connectivity index (χ0) is 16.2. The molecule has 0 aliphatic carbocycles. The molecule has 1 amide bonds. The van der Waals surface area contributed by atoms with Crippen molar-refractivity contribution in [2.75, 3.05) is 0 Å². The quantitative estimate of drug-likeness (QED) is 0.670. The summed E-state index contributed by atoms with van der Waals surface area (Å²) < 4.78 is 26.3. The van der Waals surface area contributed by atoms with Gasteiger partial charge in [0.25, 0.3) is 15.9 Å². The minimum absolute atomic E-state index is 0.0123. The first kappa shape index (κ1) is 17.7. The SMILES string of the molecule is C/C=C(\N=C(C)C)C(=O)NS(=O)(=O)c1c(Cl)cccc1Cl. The lowest BCUT2D eigenvalue weighted by molar-refractivity contribution is -0.115. The molecule has 0 saturated heterocycles. The Labute approximate surface area is 133 Å². The molecule has 21 heavy (non-hydrogen) atoms. The first-order chi connectivity index (χ1) is 9.69. The van der Waals surface area contributed by atoms with Crippen molar-refractivity contribution in [1.29, 1.82) is 0 Å². The number of nitrogens with one attached hydrogen (secondary N) is 1. The van der Waals surface area contributed by atoms with Crippen LogP contribution in [0.1, 0.15) is 20.8 Å². The molecular weight excluding hydrogens is 335 g/mol. The van der Waals surface area contributed by atoms with Crippen LogP contribution >= 0.6 is 23.2 Å². The smallest absolute Gasteiger partial charge is 0.266 e. The summed E-state index contributed by atoms with van der Waals surface area (Å²) in [5, 5.41) is -0.139. The number of hydrogen-bond acceptors (Lipinski definition) is 4. The van der Waals surface area contributed by atoms with E-state index in [2.05, 4.69) is 4.99 Å². The van der Waals surface area contributed by atoms with Gasteiger partial charge in [-0.15, -0.1) is 0 Å². The molecule has 1 aromatic rings. The Kier molecular flexibility index (Phi) is 5.95. The Balaban J connectivity index is 3.18. The third-order valence-electron chi connectivity index (χ3n) is 2.26. The number of halogens is 2. The Morgan fingerprint density at radius 1 is 1.24 bits per heavy atom. The highest BCUT2D eigenvalue weighted by Gasteiger charge is 2.25. The molecule has 0 saturated carbocycles. The Morgan fingerprint density at radius 2 is 1.76 bits per heavy atom. The second-order valence-corrected chi connectivity index (χ2v) is 6.65. The van der Waals surface area contributed by atoms with Crippen LogP contribution in [-0.4, -0.2) is 20.0 Å². The molecule has 0 aliphatic rings. The molecule has 0 bridgehead atoms. The van der Waals surface area contributed by atoms with E-state index in [-0.39, 0.29) is 20.6 Å². The van der Waals surface area contributed by atoms with E-state index in [1.165, 1.54) is 24.3 Å². The van der Waals surface area contributed by atoms with Crippen LogP contribution < -0.4 is 4.72 Å². The molecule has 1 rings (SSSR count). The van der Waals surface area contributed by atoms with Crippen LogP contribution in [0.4, 0.5) is 0 Å². The van der Waals surface area contributed by atoms with Crippen LogP contribution in [0.25, 0.3) is 0 Å². The highest BCUT2D eigenvalue weighted by molar-refractivity contribution is 7.90. The predicted molar refractivity (Wildman–Crippen MR) is 84.3 cm³/mol. The average molecular weight is 349 g/mol. The fourth-order valence-corrected chi connectivity index (χ4v) is 3.56. The van der Waals surface area contributed by atoms with Gasteiger partial charge in [0.1, 0.15) is 10.6 Å². The maximum absolute atomic E-state index is 12.2. The fourth-order valence-electron chi connectivity index (χ4n) is 1.45. The fraction of sp³-hybridized carbons (Fsp3) is 0.231. The van der Waals surface area contributed by atoms with Gasteiger partial charge in [-0.3, -0.25) is 9.79 Å². The van der Waals surface area contributed by atoms with Crippen molar-refractivity contribution in [3.63, 3.8) is 0 Å². The number of allylic oxidation sites excluding steroid dienone is 1. The Hall–Kier alpha value is -1.37. The van der Waals surface area contributed by atoms with E-state index >= 15 is 0 Å². The molecule has 114 valence electrons. The van der Waals surface area contributed by atoms with Gasteiger partial charge in [-0.2, -0.15) is 0 Å². The predicted octanol–water partition coefficient (Wildman–Crippen LogP) is 3.18. The summed E-state index contributed by atoms with van der Waals surface area (Å²) >= 11 is 11.7. The van der Waals surface area contributed by atoms with Crippen molar-refractivity contribution in [1.82, 2.24) is 4.72 Å². The van der Waals surface area contributed by atoms with E-state index in [0.717, 1.165) is 0 Å². The summed E-state index contributed by atoms with van der Waals surface area (Å²) in [6, 6.07) is 4.25. The van der Waals surface area contributed by atoms with E-state index in [9.17, 15) is 13.2 Å². The van der Waals surface area contributed by atoms with Crippen molar-refractivity contribution >= 4 is 44.8 Å². The third-order valence-corrected chi connectivity index (χ3v) is 4.55. The number of sulfonamides is 1. The monoisotopic (exact) mass is 348 g/mol. The van der Waals surface area contributed by atoms with E-state index in [4.69, 9.17) is 23.2 Å². The average Bonchev–Trinajstić information content (AvgIpc) is 2.34. The number of amides is 1. The van der Waals surface area contributed by atoms with Crippen LogP contribution in [0.3, 0.4) is 0 Å². The number of aliphatic imine (C=N–C) groups is 1. The molecule has 0 unspecified atom stereocenters. The molecule has 0 fully saturated rings. The van der Waals surface area contributed by atoms with Gasteiger partial charge >= 0.3 is 0 Å². The number of rotatable bonds is 4. The molecule has 0 spiro atoms. The minimum Gasteiger partial charge on any atom is -0.266 e. The standard InChI is InChI=1S/C13H14Cl2N2O3S/c1-4-11(16-8(2)3)13(18)17-21(19,20)12-9(14)6-5-7-10(12)15/h4-7H,1-3H3,(H,17,18)/b11-4-. The van der Waals surface area contributed by atoms with Gasteiger partial charge in [-0.05, 0) is 32.9 Å². The van der Waals surface area contributed by atoms with Gasteiger partial charge in [0.05, 0.1) is 10.0 Å². The summed E-state index contributed by atoms with van der Waals surface area (Å²) in [4.78, 5) is 15.6. The molecule has 1 aromatic carbocycles. The molecule has 0 atom stereocenters. The second kappa shape index (κ2) is 7.06. The normalized spacial score (nSPS) is 12.0. The number of hydrogen-bond donors (Lipinski definition) is 1. The molecule has 0 aliphatic heterocycles. The number of carbonyl (C=O) groups excluding carboxylic acids is 1. The van der Waals surface area contributed by atoms with Gasteiger partial charge in [0, 0.05) is 5.71 Å². The Morgan fingerprint density at radius 3 is 2.19 bits per heavy atom. The van der Waals surface area contributed by atoms with Crippen LogP contribution in [0.15, 0.2) is 39.9 Å². The third kappa shape index (κ3) is 4.56. The van der Waals surface area contributed by atoms with Crippen LogP contribution in [0.2, 0.25) is 10.0 Å². The molecular formula is C13H14Cl2N2O3S. The minimum atomic E-state index is -4.19. The summed E-state index contributed by atoms with van der Waals surface area (Å²) in [5.41, 5.74) is 0.605. The summed E-state index contributed by atoms with van der Waals surface area (Å²) in [6.45, 7) is 4.96. The second-order valence-electron chi connectivity index (χ2n) is 4.22. The number of nitrogens with zero attached hydrogens (tertiary/aromatic N) is 1. The van der Waals surface area contributed by atoms with E-state index < -0.39 is 15.9 Å². The first-order valence-corrected chi connectivity index (χ1v) is 8.12.